The molecule has 0 saturated carbocycles. The maximum Gasteiger partial charge on any atom is 0.165 e. The van der Waals surface area contributed by atoms with Gasteiger partial charge in [0.05, 0.1) is 12.8 Å². The summed E-state index contributed by atoms with van der Waals surface area (Å²) >= 11 is 0. The predicted molar refractivity (Wildman–Crippen MR) is 64.6 cm³/mol. The molecule has 17 heavy (non-hydrogen) atoms. The van der Waals surface area contributed by atoms with Gasteiger partial charge in [-0.1, -0.05) is 13.8 Å². The number of rotatable bonds is 3. The fourth-order valence-electron chi connectivity index (χ4n) is 1.61. The number of ether oxygens (including phenoxy) is 1. The number of halogens is 1. The largest absolute Gasteiger partial charge is 0.494 e. The number of aromatic amines is 1. The highest BCUT2D eigenvalue weighted by Gasteiger charge is 2.09. The third-order valence-electron chi connectivity index (χ3n) is 2.67. The van der Waals surface area contributed by atoms with Crippen LogP contribution in [0.25, 0.3) is 11.3 Å². The Bertz CT molecular complexity index is 520. The third kappa shape index (κ3) is 2.30. The number of benzene rings is 1. The Balaban J connectivity index is 2.36. The smallest absolute Gasteiger partial charge is 0.165 e. The molecule has 1 heterocycles. The van der Waals surface area contributed by atoms with E-state index in [0.717, 1.165) is 17.0 Å². The second-order valence-electron chi connectivity index (χ2n) is 4.21. The van der Waals surface area contributed by atoms with Crippen molar-refractivity contribution in [1.82, 2.24) is 10.2 Å². The van der Waals surface area contributed by atoms with E-state index in [0.29, 0.717) is 5.92 Å². The van der Waals surface area contributed by atoms with Crippen LogP contribution in [0.4, 0.5) is 4.39 Å². The van der Waals surface area contributed by atoms with Crippen LogP contribution in [0, 0.1) is 5.82 Å². The van der Waals surface area contributed by atoms with Crippen LogP contribution in [0.15, 0.2) is 24.3 Å². The molecule has 0 aliphatic heterocycles. The van der Waals surface area contributed by atoms with Crippen LogP contribution in [0.2, 0.25) is 0 Å². The van der Waals surface area contributed by atoms with E-state index in [1.165, 1.54) is 13.2 Å². The van der Waals surface area contributed by atoms with Gasteiger partial charge in [0.25, 0.3) is 0 Å². The van der Waals surface area contributed by atoms with Crippen LogP contribution in [-0.2, 0) is 0 Å². The molecule has 2 aromatic rings. The van der Waals surface area contributed by atoms with Gasteiger partial charge in [-0.2, -0.15) is 5.10 Å². The molecule has 0 amide bonds. The highest BCUT2D eigenvalue weighted by atomic mass is 19.1. The van der Waals surface area contributed by atoms with E-state index in [1.807, 2.05) is 6.07 Å². The second kappa shape index (κ2) is 4.57. The summed E-state index contributed by atoms with van der Waals surface area (Å²) in [5.41, 5.74) is 2.53. The summed E-state index contributed by atoms with van der Waals surface area (Å²) in [5, 5.41) is 7.12. The van der Waals surface area contributed by atoms with Crippen molar-refractivity contribution in [2.45, 2.75) is 19.8 Å². The van der Waals surface area contributed by atoms with Gasteiger partial charge in [-0.15, -0.1) is 0 Å². The summed E-state index contributed by atoms with van der Waals surface area (Å²) in [6, 6.07) is 6.77. The SMILES string of the molecule is COc1ccc(-c2cc(C(C)C)[nH]n2)cc1F. The zero-order valence-corrected chi connectivity index (χ0v) is 10.1. The van der Waals surface area contributed by atoms with Crippen molar-refractivity contribution in [2.75, 3.05) is 7.11 Å². The van der Waals surface area contributed by atoms with E-state index in [-0.39, 0.29) is 11.6 Å². The molecule has 1 aromatic carbocycles. The normalized spacial score (nSPS) is 10.9. The number of hydrogen-bond acceptors (Lipinski definition) is 2. The number of nitrogens with one attached hydrogen (secondary N) is 1. The summed E-state index contributed by atoms with van der Waals surface area (Å²) in [7, 11) is 1.45. The Morgan fingerprint density at radius 1 is 1.29 bits per heavy atom. The number of hydrogen-bond donors (Lipinski definition) is 1. The summed E-state index contributed by atoms with van der Waals surface area (Å²) in [5.74, 6) is 0.242. The zero-order chi connectivity index (χ0) is 12.4. The first kappa shape index (κ1) is 11.6. The minimum Gasteiger partial charge on any atom is -0.494 e. The maximum absolute atomic E-state index is 13.5. The quantitative estimate of drug-likeness (QED) is 0.884. The highest BCUT2D eigenvalue weighted by molar-refractivity contribution is 5.60. The topological polar surface area (TPSA) is 37.9 Å². The van der Waals surface area contributed by atoms with Gasteiger partial charge in [-0.3, -0.25) is 5.10 Å². The van der Waals surface area contributed by atoms with Crippen molar-refractivity contribution in [1.29, 1.82) is 0 Å². The van der Waals surface area contributed by atoms with Gasteiger partial charge in [0, 0.05) is 11.3 Å². The van der Waals surface area contributed by atoms with E-state index in [2.05, 4.69) is 24.0 Å². The van der Waals surface area contributed by atoms with Gasteiger partial charge in [-0.25, -0.2) is 4.39 Å². The molecule has 1 aromatic heterocycles. The number of nitrogens with zero attached hydrogens (tertiary/aromatic N) is 1. The summed E-state index contributed by atoms with van der Waals surface area (Å²) in [4.78, 5) is 0. The van der Waals surface area contributed by atoms with E-state index in [1.54, 1.807) is 12.1 Å². The van der Waals surface area contributed by atoms with E-state index >= 15 is 0 Å². The lowest BCUT2D eigenvalue weighted by Crippen LogP contribution is -1.88. The molecule has 3 nitrogen and oxygen atoms in total. The van der Waals surface area contributed by atoms with Gasteiger partial charge in [0.1, 0.15) is 0 Å². The Morgan fingerprint density at radius 2 is 2.06 bits per heavy atom. The Hall–Kier alpha value is -1.84. The van der Waals surface area contributed by atoms with Crippen molar-refractivity contribution in [3.63, 3.8) is 0 Å². The second-order valence-corrected chi connectivity index (χ2v) is 4.21. The van der Waals surface area contributed by atoms with Gasteiger partial charge in [0.2, 0.25) is 0 Å². The van der Waals surface area contributed by atoms with Crippen LogP contribution >= 0.6 is 0 Å². The Morgan fingerprint density at radius 3 is 2.59 bits per heavy atom. The van der Waals surface area contributed by atoms with E-state index in [9.17, 15) is 4.39 Å². The number of aromatic nitrogens is 2. The van der Waals surface area contributed by atoms with Crippen LogP contribution < -0.4 is 4.74 Å². The van der Waals surface area contributed by atoms with Crippen molar-refractivity contribution in [3.05, 3.63) is 35.8 Å². The zero-order valence-electron chi connectivity index (χ0n) is 10.1. The van der Waals surface area contributed by atoms with Crippen LogP contribution in [-0.4, -0.2) is 17.3 Å². The van der Waals surface area contributed by atoms with Crippen LogP contribution in [0.1, 0.15) is 25.5 Å². The van der Waals surface area contributed by atoms with Crippen LogP contribution in [0.3, 0.4) is 0 Å². The summed E-state index contributed by atoms with van der Waals surface area (Å²) in [6.45, 7) is 4.15. The fourth-order valence-corrected chi connectivity index (χ4v) is 1.61. The average molecular weight is 234 g/mol. The minimum absolute atomic E-state index is 0.244. The molecular formula is C13H15FN2O. The first-order chi connectivity index (χ1) is 8.11. The molecule has 2 rings (SSSR count). The lowest BCUT2D eigenvalue weighted by molar-refractivity contribution is 0.386. The maximum atomic E-state index is 13.5. The van der Waals surface area contributed by atoms with Crippen molar-refractivity contribution in [2.24, 2.45) is 0 Å². The molecule has 0 atom stereocenters. The summed E-state index contributed by atoms with van der Waals surface area (Å²) in [6.07, 6.45) is 0. The Kier molecular flexibility index (Phi) is 3.13. The van der Waals surface area contributed by atoms with Gasteiger partial charge in [-0.05, 0) is 30.2 Å². The number of methoxy groups -OCH3 is 1. The lowest BCUT2D eigenvalue weighted by atomic mass is 10.1. The molecule has 0 fully saturated rings. The first-order valence-electron chi connectivity index (χ1n) is 5.51. The molecular weight excluding hydrogens is 219 g/mol. The molecule has 0 radical (unpaired) electrons. The first-order valence-corrected chi connectivity index (χ1v) is 5.51. The molecule has 1 N–H and O–H groups in total. The molecule has 0 saturated heterocycles. The molecule has 0 unspecified atom stereocenters. The lowest BCUT2D eigenvalue weighted by Gasteiger charge is -2.02. The number of H-pyrrole nitrogens is 1. The van der Waals surface area contributed by atoms with Crippen molar-refractivity contribution >= 4 is 0 Å². The molecule has 4 heteroatoms. The predicted octanol–water partition coefficient (Wildman–Crippen LogP) is 3.35. The van der Waals surface area contributed by atoms with Gasteiger partial charge < -0.3 is 4.74 Å². The molecule has 0 spiro atoms. The van der Waals surface area contributed by atoms with Crippen molar-refractivity contribution < 1.29 is 9.13 Å². The standard InChI is InChI=1S/C13H15FN2O/c1-8(2)11-7-12(16-15-11)9-4-5-13(17-3)10(14)6-9/h4-8H,1-3H3,(H,15,16). The molecule has 0 aliphatic rings. The van der Waals surface area contributed by atoms with Gasteiger partial charge in [0.15, 0.2) is 11.6 Å². The average Bonchev–Trinajstić information content (AvgIpc) is 2.78. The minimum atomic E-state index is -0.376. The molecule has 0 bridgehead atoms. The Labute approximate surface area is 99.6 Å². The van der Waals surface area contributed by atoms with Crippen LogP contribution in [0.5, 0.6) is 5.75 Å². The monoisotopic (exact) mass is 234 g/mol. The fraction of sp³-hybridized carbons (Fsp3) is 0.308. The van der Waals surface area contributed by atoms with Crippen molar-refractivity contribution in [3.8, 4) is 17.0 Å². The molecule has 90 valence electrons. The molecule has 0 aliphatic carbocycles. The third-order valence-corrected chi connectivity index (χ3v) is 2.67. The van der Waals surface area contributed by atoms with Gasteiger partial charge >= 0.3 is 0 Å². The highest BCUT2D eigenvalue weighted by Crippen LogP contribution is 2.25. The summed E-state index contributed by atoms with van der Waals surface area (Å²) < 4.78 is 18.4. The van der Waals surface area contributed by atoms with E-state index < -0.39 is 0 Å². The van der Waals surface area contributed by atoms with E-state index in [4.69, 9.17) is 4.74 Å².